The highest BCUT2D eigenvalue weighted by atomic mass is 17.2. The van der Waals surface area contributed by atoms with Gasteiger partial charge in [0.2, 0.25) is 0 Å². The van der Waals surface area contributed by atoms with Gasteiger partial charge >= 0.3 is 29.8 Å². The number of ether oxygens (including phenoxy) is 2. The lowest BCUT2D eigenvalue weighted by molar-refractivity contribution is -0.263. The summed E-state index contributed by atoms with van der Waals surface area (Å²) >= 11 is 0. The van der Waals surface area contributed by atoms with E-state index in [-0.39, 0.29) is 19.4 Å². The average molecular weight is 400 g/mol. The van der Waals surface area contributed by atoms with Crippen molar-refractivity contribution >= 4 is 29.8 Å². The molecule has 1 saturated carbocycles. The molecule has 28 heavy (non-hydrogen) atoms. The number of aliphatic carboxylic acids is 1. The van der Waals surface area contributed by atoms with Crippen LogP contribution in [-0.4, -0.2) is 47.7 Å². The van der Waals surface area contributed by atoms with Crippen molar-refractivity contribution < 1.29 is 48.3 Å². The van der Waals surface area contributed by atoms with Gasteiger partial charge in [0.25, 0.3) is 0 Å². The topological polar surface area (TPSA) is 142 Å². The molecule has 0 saturated heterocycles. The molecule has 1 N–H and O–H groups in total. The Hall–Kier alpha value is -2.91. The number of carbonyl (C=O) groups is 5. The number of rotatable bonds is 9. The van der Waals surface area contributed by atoms with Gasteiger partial charge in [-0.1, -0.05) is 6.58 Å². The second-order valence-electron chi connectivity index (χ2n) is 6.38. The first kappa shape index (κ1) is 23.1. The van der Waals surface area contributed by atoms with Gasteiger partial charge in [0.1, 0.15) is 12.7 Å². The molecule has 0 aromatic carbocycles. The smallest absolute Gasteiger partial charge is 0.358 e. The summed E-state index contributed by atoms with van der Waals surface area (Å²) in [6.45, 7) is 4.58. The summed E-state index contributed by atoms with van der Waals surface area (Å²) in [6.07, 6.45) is 0.999. The molecule has 1 unspecified atom stereocenters. The Bertz CT molecular complexity index is 603. The van der Waals surface area contributed by atoms with Crippen molar-refractivity contribution in [3.8, 4) is 0 Å². The second-order valence-corrected chi connectivity index (χ2v) is 6.38. The second kappa shape index (κ2) is 11.7. The molecular formula is C18H24O10. The van der Waals surface area contributed by atoms with Crippen LogP contribution in [0.15, 0.2) is 12.7 Å². The van der Waals surface area contributed by atoms with E-state index >= 15 is 0 Å². The molecule has 0 spiro atoms. The lowest BCUT2D eigenvalue weighted by atomic mass is 9.82. The minimum absolute atomic E-state index is 0.150. The van der Waals surface area contributed by atoms with Crippen molar-refractivity contribution in [3.05, 3.63) is 12.7 Å². The highest BCUT2D eigenvalue weighted by Gasteiger charge is 2.31. The Balaban J connectivity index is 2.20. The van der Waals surface area contributed by atoms with Crippen LogP contribution in [0.25, 0.3) is 0 Å². The zero-order chi connectivity index (χ0) is 21.1. The van der Waals surface area contributed by atoms with E-state index in [1.807, 2.05) is 0 Å². The molecule has 0 aromatic heterocycles. The first-order valence-corrected chi connectivity index (χ1v) is 8.85. The normalized spacial score (nSPS) is 19.6. The number of esters is 2. The van der Waals surface area contributed by atoms with Crippen LogP contribution in [0.1, 0.15) is 45.4 Å². The summed E-state index contributed by atoms with van der Waals surface area (Å²) < 4.78 is 9.64. The van der Waals surface area contributed by atoms with Gasteiger partial charge in [0, 0.05) is 6.08 Å². The van der Waals surface area contributed by atoms with Gasteiger partial charge in [0.05, 0.1) is 24.7 Å². The lowest BCUT2D eigenvalue weighted by Gasteiger charge is -2.23. The number of carboxylic acid groups (broad SMARTS) is 1. The van der Waals surface area contributed by atoms with Gasteiger partial charge in [-0.3, -0.25) is 9.59 Å². The Morgan fingerprint density at radius 3 is 2.14 bits per heavy atom. The predicted octanol–water partition coefficient (Wildman–Crippen LogP) is 1.32. The zero-order valence-corrected chi connectivity index (χ0v) is 15.6. The minimum atomic E-state index is -0.921. The standard InChI is InChI=1S/C18H24O10/c1-3-14(19)25-10-11(2)26-15(20)8-9-16(21)27-28-18(24)13-6-4-12(5-7-13)17(22)23/h3,11-13H,1,4-10H2,2H3,(H,22,23). The molecule has 1 aliphatic rings. The summed E-state index contributed by atoms with van der Waals surface area (Å²) in [5.41, 5.74) is 0. The van der Waals surface area contributed by atoms with Crippen LogP contribution < -0.4 is 0 Å². The van der Waals surface area contributed by atoms with Crippen LogP contribution in [0.2, 0.25) is 0 Å². The van der Waals surface area contributed by atoms with E-state index < -0.39 is 47.8 Å². The molecule has 0 aromatic rings. The SMILES string of the molecule is C=CC(=O)OCC(C)OC(=O)CCC(=O)OOC(=O)C1CCC(C(=O)O)CC1. The third-order valence-electron chi connectivity index (χ3n) is 4.12. The van der Waals surface area contributed by atoms with Crippen molar-refractivity contribution in [1.82, 2.24) is 0 Å². The zero-order valence-electron chi connectivity index (χ0n) is 15.6. The van der Waals surface area contributed by atoms with Crippen molar-refractivity contribution in [3.63, 3.8) is 0 Å². The van der Waals surface area contributed by atoms with Crippen LogP contribution in [0.3, 0.4) is 0 Å². The summed E-state index contributed by atoms with van der Waals surface area (Å²) in [5, 5.41) is 8.91. The molecule has 1 fully saturated rings. The van der Waals surface area contributed by atoms with Gasteiger partial charge in [0.15, 0.2) is 0 Å². The van der Waals surface area contributed by atoms with Crippen LogP contribution >= 0.6 is 0 Å². The van der Waals surface area contributed by atoms with Crippen LogP contribution in [0.5, 0.6) is 0 Å². The molecule has 0 amide bonds. The average Bonchev–Trinajstić information content (AvgIpc) is 2.68. The molecule has 0 radical (unpaired) electrons. The van der Waals surface area contributed by atoms with E-state index in [2.05, 4.69) is 16.4 Å². The Morgan fingerprint density at radius 2 is 1.57 bits per heavy atom. The summed E-state index contributed by atoms with van der Waals surface area (Å²) in [6, 6.07) is 0. The number of hydrogen-bond acceptors (Lipinski definition) is 9. The fraction of sp³-hybridized carbons (Fsp3) is 0.611. The van der Waals surface area contributed by atoms with Crippen molar-refractivity contribution in [2.45, 2.75) is 51.6 Å². The van der Waals surface area contributed by atoms with Crippen molar-refractivity contribution in [2.75, 3.05) is 6.61 Å². The number of carboxylic acids is 1. The molecule has 1 rings (SSSR count). The van der Waals surface area contributed by atoms with Crippen LogP contribution in [-0.2, 0) is 43.2 Å². The van der Waals surface area contributed by atoms with Gasteiger partial charge in [-0.2, -0.15) is 0 Å². The van der Waals surface area contributed by atoms with Gasteiger partial charge in [-0.25, -0.2) is 24.2 Å². The van der Waals surface area contributed by atoms with Crippen LogP contribution in [0, 0.1) is 11.8 Å². The van der Waals surface area contributed by atoms with E-state index in [4.69, 9.17) is 14.6 Å². The molecule has 10 nitrogen and oxygen atoms in total. The number of carbonyl (C=O) groups excluding carboxylic acids is 4. The molecule has 1 aliphatic carbocycles. The molecular weight excluding hydrogens is 376 g/mol. The maximum Gasteiger partial charge on any atom is 0.358 e. The molecule has 156 valence electrons. The first-order chi connectivity index (χ1) is 13.2. The molecule has 0 heterocycles. The summed E-state index contributed by atoms with van der Waals surface area (Å²) in [5.74, 6) is -4.90. The maximum absolute atomic E-state index is 11.8. The largest absolute Gasteiger partial charge is 0.481 e. The highest BCUT2D eigenvalue weighted by molar-refractivity contribution is 5.81. The van der Waals surface area contributed by atoms with Crippen LogP contribution in [0.4, 0.5) is 0 Å². The van der Waals surface area contributed by atoms with Gasteiger partial charge in [-0.05, 0) is 32.6 Å². The van der Waals surface area contributed by atoms with E-state index in [1.165, 1.54) is 6.92 Å². The summed E-state index contributed by atoms with van der Waals surface area (Å²) in [7, 11) is 0. The molecule has 10 heteroatoms. The number of hydrogen-bond donors (Lipinski definition) is 1. The van der Waals surface area contributed by atoms with E-state index in [0.717, 1.165) is 6.08 Å². The van der Waals surface area contributed by atoms with Crippen molar-refractivity contribution in [1.29, 1.82) is 0 Å². The summed E-state index contributed by atoms with van der Waals surface area (Å²) in [4.78, 5) is 65.6. The molecule has 0 bridgehead atoms. The Morgan fingerprint density at radius 1 is 1.00 bits per heavy atom. The Kier molecular flexibility index (Phi) is 9.69. The Labute approximate surface area is 161 Å². The maximum atomic E-state index is 11.8. The molecule has 1 atom stereocenters. The van der Waals surface area contributed by atoms with E-state index in [0.29, 0.717) is 25.7 Å². The monoisotopic (exact) mass is 400 g/mol. The van der Waals surface area contributed by atoms with E-state index in [1.54, 1.807) is 0 Å². The fourth-order valence-electron chi connectivity index (χ4n) is 2.55. The molecule has 0 aliphatic heterocycles. The highest BCUT2D eigenvalue weighted by Crippen LogP contribution is 2.29. The third-order valence-corrected chi connectivity index (χ3v) is 4.12. The third kappa shape index (κ3) is 8.65. The fourth-order valence-corrected chi connectivity index (χ4v) is 2.55. The quantitative estimate of drug-likeness (QED) is 0.260. The first-order valence-electron chi connectivity index (χ1n) is 8.85. The van der Waals surface area contributed by atoms with Crippen molar-refractivity contribution in [2.24, 2.45) is 11.8 Å². The predicted molar refractivity (Wildman–Crippen MR) is 91.2 cm³/mol. The van der Waals surface area contributed by atoms with E-state index in [9.17, 15) is 24.0 Å². The van der Waals surface area contributed by atoms with Gasteiger partial charge < -0.3 is 14.6 Å². The lowest BCUT2D eigenvalue weighted by Crippen LogP contribution is -2.27. The van der Waals surface area contributed by atoms with Gasteiger partial charge in [-0.15, -0.1) is 0 Å². The minimum Gasteiger partial charge on any atom is -0.481 e.